The van der Waals surface area contributed by atoms with Crippen LogP contribution in [0.25, 0.3) is 0 Å². The van der Waals surface area contributed by atoms with Gasteiger partial charge in [-0.2, -0.15) is 0 Å². The van der Waals surface area contributed by atoms with Crippen molar-refractivity contribution < 1.29 is 20.4 Å². The van der Waals surface area contributed by atoms with Gasteiger partial charge in [0.05, 0.1) is 6.61 Å². The van der Waals surface area contributed by atoms with Crippen molar-refractivity contribution >= 4 is 0 Å². The van der Waals surface area contributed by atoms with Crippen LogP contribution in [0.4, 0.5) is 0 Å². The molecule has 1 unspecified atom stereocenters. The van der Waals surface area contributed by atoms with Gasteiger partial charge in [0.25, 0.3) is 0 Å². The lowest BCUT2D eigenvalue weighted by molar-refractivity contribution is 0.0934. The third kappa shape index (κ3) is 1.66. The summed E-state index contributed by atoms with van der Waals surface area (Å²) in [5.74, 6) is -0.307. The SMILES string of the molecule is OCC(O)c1ccc(O)cc1O. The molecular formula is C8H10O4. The van der Waals surface area contributed by atoms with E-state index in [1.165, 1.54) is 12.1 Å². The van der Waals surface area contributed by atoms with Gasteiger partial charge in [0.1, 0.15) is 17.6 Å². The van der Waals surface area contributed by atoms with Crippen molar-refractivity contribution in [3.8, 4) is 11.5 Å². The van der Waals surface area contributed by atoms with Crippen LogP contribution in [0, 0.1) is 0 Å². The fraction of sp³-hybridized carbons (Fsp3) is 0.250. The van der Waals surface area contributed by atoms with E-state index >= 15 is 0 Å². The minimum Gasteiger partial charge on any atom is -0.508 e. The van der Waals surface area contributed by atoms with Crippen molar-refractivity contribution in [3.05, 3.63) is 23.8 Å². The summed E-state index contributed by atoms with van der Waals surface area (Å²) in [6.07, 6.45) is -1.11. The molecule has 1 aromatic rings. The Kier molecular flexibility index (Phi) is 2.52. The lowest BCUT2D eigenvalue weighted by Gasteiger charge is -2.09. The number of phenolic OH excluding ortho intramolecular Hbond substituents is 2. The zero-order valence-corrected chi connectivity index (χ0v) is 6.31. The molecule has 12 heavy (non-hydrogen) atoms. The molecule has 1 aromatic carbocycles. The van der Waals surface area contributed by atoms with Gasteiger partial charge in [-0.15, -0.1) is 0 Å². The maximum atomic E-state index is 9.16. The van der Waals surface area contributed by atoms with E-state index < -0.39 is 12.7 Å². The van der Waals surface area contributed by atoms with Gasteiger partial charge in [-0.25, -0.2) is 0 Å². The summed E-state index contributed by atoms with van der Waals surface area (Å²) in [6, 6.07) is 3.79. The predicted molar refractivity (Wildman–Crippen MR) is 41.8 cm³/mol. The molecule has 0 saturated carbocycles. The van der Waals surface area contributed by atoms with Gasteiger partial charge in [-0.3, -0.25) is 0 Å². The Balaban J connectivity index is 3.01. The summed E-state index contributed by atoms with van der Waals surface area (Å²) in [6.45, 7) is -0.460. The quantitative estimate of drug-likeness (QED) is 0.508. The lowest BCUT2D eigenvalue weighted by atomic mass is 10.1. The molecule has 4 nitrogen and oxygen atoms in total. The third-order valence-electron chi connectivity index (χ3n) is 1.55. The fourth-order valence-electron chi connectivity index (χ4n) is 0.912. The van der Waals surface area contributed by atoms with E-state index in [2.05, 4.69) is 0 Å². The summed E-state index contributed by atoms with van der Waals surface area (Å²) >= 11 is 0. The molecule has 0 saturated heterocycles. The predicted octanol–water partition coefficient (Wildman–Crippen LogP) is 0.123. The monoisotopic (exact) mass is 170 g/mol. The lowest BCUT2D eigenvalue weighted by Crippen LogP contribution is -2.02. The molecule has 1 atom stereocenters. The molecular weight excluding hydrogens is 160 g/mol. The average molecular weight is 170 g/mol. The Hall–Kier alpha value is -1.26. The fourth-order valence-corrected chi connectivity index (χ4v) is 0.912. The minimum absolute atomic E-state index is 0.0820. The summed E-state index contributed by atoms with van der Waals surface area (Å²) in [4.78, 5) is 0. The number of phenols is 2. The Labute approximate surface area is 69.3 Å². The van der Waals surface area contributed by atoms with Crippen LogP contribution < -0.4 is 0 Å². The molecule has 66 valence electrons. The number of hydrogen-bond acceptors (Lipinski definition) is 4. The van der Waals surface area contributed by atoms with E-state index in [9.17, 15) is 0 Å². The van der Waals surface area contributed by atoms with E-state index in [0.29, 0.717) is 0 Å². The van der Waals surface area contributed by atoms with Gasteiger partial charge in [0.15, 0.2) is 0 Å². The number of aliphatic hydroxyl groups excluding tert-OH is 2. The molecule has 4 N–H and O–H groups in total. The molecule has 4 heteroatoms. The van der Waals surface area contributed by atoms with Crippen LogP contribution in [-0.4, -0.2) is 27.0 Å². The highest BCUT2D eigenvalue weighted by molar-refractivity contribution is 5.40. The van der Waals surface area contributed by atoms with Crippen molar-refractivity contribution in [1.29, 1.82) is 0 Å². The first-order chi connectivity index (χ1) is 5.65. The van der Waals surface area contributed by atoms with Crippen LogP contribution in [0.2, 0.25) is 0 Å². The first-order valence-corrected chi connectivity index (χ1v) is 3.46. The highest BCUT2D eigenvalue weighted by Gasteiger charge is 2.10. The second kappa shape index (κ2) is 3.42. The molecule has 0 bridgehead atoms. The number of aromatic hydroxyl groups is 2. The van der Waals surface area contributed by atoms with Crippen LogP contribution in [0.3, 0.4) is 0 Å². The molecule has 0 fully saturated rings. The highest BCUT2D eigenvalue weighted by Crippen LogP contribution is 2.27. The van der Waals surface area contributed by atoms with E-state index in [4.69, 9.17) is 20.4 Å². The number of rotatable bonds is 2. The summed E-state index contributed by atoms with van der Waals surface area (Å²) < 4.78 is 0. The van der Waals surface area contributed by atoms with Crippen molar-refractivity contribution in [2.24, 2.45) is 0 Å². The smallest absolute Gasteiger partial charge is 0.125 e. The van der Waals surface area contributed by atoms with Crippen molar-refractivity contribution in [2.45, 2.75) is 6.10 Å². The highest BCUT2D eigenvalue weighted by atomic mass is 16.3. The van der Waals surface area contributed by atoms with Crippen LogP contribution in [-0.2, 0) is 0 Å². The Bertz CT molecular complexity index is 272. The maximum absolute atomic E-state index is 9.16. The van der Waals surface area contributed by atoms with Crippen molar-refractivity contribution in [1.82, 2.24) is 0 Å². The van der Waals surface area contributed by atoms with Crippen LogP contribution >= 0.6 is 0 Å². The van der Waals surface area contributed by atoms with Gasteiger partial charge in [0.2, 0.25) is 0 Å². The van der Waals surface area contributed by atoms with E-state index in [1.807, 2.05) is 0 Å². The molecule has 0 heterocycles. The topological polar surface area (TPSA) is 80.9 Å². The maximum Gasteiger partial charge on any atom is 0.125 e. The first kappa shape index (κ1) is 8.83. The average Bonchev–Trinajstić information content (AvgIpc) is 2.03. The van der Waals surface area contributed by atoms with Crippen LogP contribution in [0.1, 0.15) is 11.7 Å². The third-order valence-corrected chi connectivity index (χ3v) is 1.55. The molecule has 0 aliphatic carbocycles. The number of aliphatic hydroxyl groups is 2. The largest absolute Gasteiger partial charge is 0.508 e. The van der Waals surface area contributed by atoms with Gasteiger partial charge in [0, 0.05) is 11.6 Å². The molecule has 0 aromatic heterocycles. The van der Waals surface area contributed by atoms with Crippen LogP contribution in [0.5, 0.6) is 11.5 Å². The minimum atomic E-state index is -1.11. The van der Waals surface area contributed by atoms with Gasteiger partial charge in [-0.1, -0.05) is 0 Å². The Morgan fingerprint density at radius 2 is 1.92 bits per heavy atom. The molecule has 0 aliphatic heterocycles. The first-order valence-electron chi connectivity index (χ1n) is 3.46. The Morgan fingerprint density at radius 3 is 2.42 bits per heavy atom. The Morgan fingerprint density at radius 1 is 1.25 bits per heavy atom. The van der Waals surface area contributed by atoms with Crippen LogP contribution in [0.15, 0.2) is 18.2 Å². The van der Waals surface area contributed by atoms with E-state index in [-0.39, 0.29) is 17.1 Å². The zero-order valence-electron chi connectivity index (χ0n) is 6.31. The summed E-state index contributed by atoms with van der Waals surface area (Å²) in [5.41, 5.74) is 0.204. The van der Waals surface area contributed by atoms with Gasteiger partial charge in [-0.05, 0) is 12.1 Å². The second-order valence-corrected chi connectivity index (χ2v) is 2.44. The molecule has 1 rings (SSSR count). The molecule has 0 amide bonds. The second-order valence-electron chi connectivity index (χ2n) is 2.44. The van der Waals surface area contributed by atoms with Crippen molar-refractivity contribution in [2.75, 3.05) is 6.61 Å². The summed E-state index contributed by atoms with van der Waals surface area (Å²) in [7, 11) is 0. The molecule has 0 spiro atoms. The van der Waals surface area contributed by atoms with E-state index in [0.717, 1.165) is 6.07 Å². The van der Waals surface area contributed by atoms with Gasteiger partial charge < -0.3 is 20.4 Å². The van der Waals surface area contributed by atoms with E-state index in [1.54, 1.807) is 0 Å². The standard InChI is InChI=1S/C8H10O4/c9-4-8(12)6-2-1-5(10)3-7(6)11/h1-3,8-12H,4H2. The zero-order chi connectivity index (χ0) is 9.14. The van der Waals surface area contributed by atoms with Crippen molar-refractivity contribution in [3.63, 3.8) is 0 Å². The molecule has 0 aliphatic rings. The van der Waals surface area contributed by atoms with Gasteiger partial charge >= 0.3 is 0 Å². The molecule has 0 radical (unpaired) electrons. The normalized spacial score (nSPS) is 12.8. The number of hydrogen-bond donors (Lipinski definition) is 4. The number of benzene rings is 1. The summed E-state index contributed by atoms with van der Waals surface area (Å²) in [5, 5.41) is 35.7.